The number of pyridine rings is 1. The molecule has 0 spiro atoms. The minimum atomic E-state index is -0.141. The highest BCUT2D eigenvalue weighted by atomic mass is 16.3. The first-order valence-corrected chi connectivity index (χ1v) is 21.9. The van der Waals surface area contributed by atoms with Crippen LogP contribution in [-0.2, 0) is 10.8 Å². The molecule has 9 aromatic rings. The number of para-hydroxylation sites is 1. The van der Waals surface area contributed by atoms with Crippen molar-refractivity contribution >= 4 is 11.0 Å². The third kappa shape index (κ3) is 8.10. The molecule has 0 radical (unpaired) electrons. The van der Waals surface area contributed by atoms with E-state index in [1.54, 1.807) is 0 Å². The van der Waals surface area contributed by atoms with Crippen LogP contribution in [0.4, 0.5) is 0 Å². The molecule has 2 aromatic heterocycles. The zero-order chi connectivity index (χ0) is 44.2. The van der Waals surface area contributed by atoms with E-state index in [0.29, 0.717) is 11.4 Å². The van der Waals surface area contributed by atoms with Crippen molar-refractivity contribution in [3.8, 4) is 78.6 Å². The van der Waals surface area contributed by atoms with Gasteiger partial charge >= 0.3 is 0 Å². The van der Waals surface area contributed by atoms with Crippen molar-refractivity contribution in [2.45, 2.75) is 73.1 Å². The molecule has 1 N–H and O–H groups in total. The molecule has 0 atom stereocenters. The topological polar surface area (TPSA) is 50.9 Å². The third-order valence-corrected chi connectivity index (χ3v) is 12.3. The number of hydrogen-bond acceptors (Lipinski definition) is 3. The van der Waals surface area contributed by atoms with E-state index < -0.39 is 0 Å². The lowest BCUT2D eigenvalue weighted by Crippen LogP contribution is -2.11. The molecule has 0 amide bonds. The lowest BCUT2D eigenvalue weighted by molar-refractivity contribution is 0.472. The van der Waals surface area contributed by atoms with Gasteiger partial charge in [-0.1, -0.05) is 156 Å². The number of aromatic hydroxyl groups is 1. The number of benzene rings is 7. The summed E-state index contributed by atoms with van der Waals surface area (Å²) < 4.78 is 2.25. The smallest absolute Gasteiger partial charge is 0.149 e. The van der Waals surface area contributed by atoms with Gasteiger partial charge in [-0.15, -0.1) is 0 Å². The summed E-state index contributed by atoms with van der Waals surface area (Å²) in [6.45, 7) is 19.7. The molecule has 7 aromatic carbocycles. The summed E-state index contributed by atoms with van der Waals surface area (Å²) in [7, 11) is 0. The zero-order valence-corrected chi connectivity index (χ0v) is 37.9. The molecule has 9 rings (SSSR count). The maximum Gasteiger partial charge on any atom is 0.149 e. The summed E-state index contributed by atoms with van der Waals surface area (Å²) in [4.78, 5) is 10.5. The fraction of sp³-hybridized carbons (Fsp3) is 0.186. The monoisotopic (exact) mass is 821 g/mol. The van der Waals surface area contributed by atoms with Crippen molar-refractivity contribution in [1.82, 2.24) is 14.5 Å². The van der Waals surface area contributed by atoms with Crippen LogP contribution < -0.4 is 0 Å². The van der Waals surface area contributed by atoms with Gasteiger partial charge in [0.15, 0.2) is 0 Å². The van der Waals surface area contributed by atoms with Gasteiger partial charge in [-0.25, -0.2) is 4.98 Å². The molecule has 0 aliphatic heterocycles. The van der Waals surface area contributed by atoms with E-state index in [1.807, 2.05) is 25.3 Å². The molecule has 4 heteroatoms. The lowest BCUT2D eigenvalue weighted by atomic mass is 9.83. The summed E-state index contributed by atoms with van der Waals surface area (Å²) >= 11 is 0. The maximum absolute atomic E-state index is 11.8. The molecule has 0 saturated carbocycles. The van der Waals surface area contributed by atoms with Gasteiger partial charge < -0.3 is 5.11 Å². The van der Waals surface area contributed by atoms with Crippen molar-refractivity contribution in [2.24, 2.45) is 0 Å². The van der Waals surface area contributed by atoms with Crippen LogP contribution in [0.1, 0.15) is 69.4 Å². The first kappa shape index (κ1) is 41.3. The van der Waals surface area contributed by atoms with Crippen LogP contribution in [0.15, 0.2) is 164 Å². The van der Waals surface area contributed by atoms with Gasteiger partial charge in [0, 0.05) is 22.9 Å². The summed E-state index contributed by atoms with van der Waals surface area (Å²) in [5, 5.41) is 11.8. The van der Waals surface area contributed by atoms with Crippen LogP contribution in [-0.4, -0.2) is 19.6 Å². The van der Waals surface area contributed by atoms with Crippen LogP contribution in [0.3, 0.4) is 0 Å². The van der Waals surface area contributed by atoms with Crippen LogP contribution in [0.2, 0.25) is 0 Å². The Kier molecular flexibility index (Phi) is 10.5. The normalized spacial score (nSPS) is 12.0. The number of phenols is 1. The SMILES string of the molecule is Cc1ccc(-n2c(-c3cc(C)cc(C)c3O)nc3c(-c4cc(-c5cc(-c6ccc(-c7ccccc7)cc6)ccn5)cc(C(C)(C)C)c4)cccc32)c(-c2ccc(C(C)(C)C)cc2)c1. The summed E-state index contributed by atoms with van der Waals surface area (Å²) in [5.74, 6) is 0.928. The van der Waals surface area contributed by atoms with Crippen LogP contribution in [0, 0.1) is 20.8 Å². The summed E-state index contributed by atoms with van der Waals surface area (Å²) in [6.07, 6.45) is 1.92. The highest BCUT2D eigenvalue weighted by Gasteiger charge is 2.25. The quantitative estimate of drug-likeness (QED) is 0.174. The lowest BCUT2D eigenvalue weighted by Gasteiger charge is -2.22. The zero-order valence-electron chi connectivity index (χ0n) is 37.9. The number of aryl methyl sites for hydroxylation is 3. The molecule has 312 valence electrons. The minimum absolute atomic E-state index is 0.0385. The fourth-order valence-corrected chi connectivity index (χ4v) is 8.73. The Morgan fingerprint density at radius 2 is 1.10 bits per heavy atom. The Morgan fingerprint density at radius 1 is 0.460 bits per heavy atom. The van der Waals surface area contributed by atoms with Crippen molar-refractivity contribution in [1.29, 1.82) is 0 Å². The number of rotatable bonds is 7. The predicted molar refractivity (Wildman–Crippen MR) is 265 cm³/mol. The molecule has 0 aliphatic carbocycles. The van der Waals surface area contributed by atoms with Crippen molar-refractivity contribution in [3.05, 3.63) is 192 Å². The summed E-state index contributed by atoms with van der Waals surface area (Å²) in [5.41, 5.74) is 19.9. The van der Waals surface area contributed by atoms with Gasteiger partial charge in [0.1, 0.15) is 11.6 Å². The fourth-order valence-electron chi connectivity index (χ4n) is 8.73. The second-order valence-electron chi connectivity index (χ2n) is 19.2. The van der Waals surface area contributed by atoms with E-state index in [-0.39, 0.29) is 16.6 Å². The molecule has 0 bridgehead atoms. The Balaban J connectivity index is 1.23. The Hall–Kier alpha value is -7.04. The molecule has 63 heavy (non-hydrogen) atoms. The molecular weight excluding hydrogens is 767 g/mol. The Labute approximate surface area is 372 Å². The first-order valence-electron chi connectivity index (χ1n) is 21.9. The van der Waals surface area contributed by atoms with E-state index >= 15 is 0 Å². The average molecular weight is 822 g/mol. The predicted octanol–water partition coefficient (Wildman–Crippen LogP) is 15.6. The van der Waals surface area contributed by atoms with Crippen LogP contribution >= 0.6 is 0 Å². The number of nitrogens with zero attached hydrogens (tertiary/aromatic N) is 3. The van der Waals surface area contributed by atoms with Crippen LogP contribution in [0.5, 0.6) is 5.75 Å². The average Bonchev–Trinajstić information content (AvgIpc) is 3.67. The van der Waals surface area contributed by atoms with Gasteiger partial charge in [-0.3, -0.25) is 9.55 Å². The van der Waals surface area contributed by atoms with Gasteiger partial charge in [-0.2, -0.15) is 0 Å². The van der Waals surface area contributed by atoms with Gasteiger partial charge in [0.25, 0.3) is 0 Å². The highest BCUT2D eigenvalue weighted by molar-refractivity contribution is 5.98. The molecule has 0 fully saturated rings. The van der Waals surface area contributed by atoms with Gasteiger partial charge in [-0.05, 0) is 136 Å². The van der Waals surface area contributed by atoms with Gasteiger partial charge in [0.05, 0.1) is 28.0 Å². The van der Waals surface area contributed by atoms with E-state index in [1.165, 1.54) is 27.8 Å². The third-order valence-electron chi connectivity index (χ3n) is 12.3. The number of phenolic OH excluding ortho intramolecular Hbond substituents is 1. The van der Waals surface area contributed by atoms with Crippen LogP contribution in [0.25, 0.3) is 83.9 Å². The van der Waals surface area contributed by atoms with Crippen molar-refractivity contribution in [2.75, 3.05) is 0 Å². The van der Waals surface area contributed by atoms with Gasteiger partial charge in [0.2, 0.25) is 0 Å². The van der Waals surface area contributed by atoms with E-state index in [2.05, 4.69) is 206 Å². The molecule has 2 heterocycles. The Bertz CT molecular complexity index is 3140. The van der Waals surface area contributed by atoms with E-state index in [0.717, 1.165) is 72.5 Å². The standard InChI is InChI=1S/C59H55N3O/c1-37-18-27-53(50(31-37)43-23-25-47(26-24-43)58(4,5)6)62-54-17-13-16-49(55(54)61-57(62)51-32-38(2)30-39(3)56(51)63)45-33-46(35-48(34-45)59(7,8)9)52-36-44(28-29-60-52)42-21-19-41(20-22-42)40-14-11-10-12-15-40/h10-36,63H,1-9H3. The Morgan fingerprint density at radius 3 is 1.79 bits per heavy atom. The first-order chi connectivity index (χ1) is 30.1. The molecule has 0 aliphatic rings. The largest absolute Gasteiger partial charge is 0.507 e. The molecule has 0 unspecified atom stereocenters. The van der Waals surface area contributed by atoms with Crippen molar-refractivity contribution < 1.29 is 5.11 Å². The second-order valence-corrected chi connectivity index (χ2v) is 19.2. The summed E-state index contributed by atoms with van der Waals surface area (Å²) in [6, 6.07) is 56.5. The number of aromatic nitrogens is 3. The number of imidazole rings is 1. The molecule has 0 saturated heterocycles. The number of hydrogen-bond donors (Lipinski definition) is 1. The highest BCUT2D eigenvalue weighted by Crippen LogP contribution is 2.43. The minimum Gasteiger partial charge on any atom is -0.507 e. The van der Waals surface area contributed by atoms with Crippen molar-refractivity contribution in [3.63, 3.8) is 0 Å². The molecular formula is C59H55N3O. The maximum atomic E-state index is 11.8. The molecule has 4 nitrogen and oxygen atoms in total. The van der Waals surface area contributed by atoms with E-state index in [9.17, 15) is 5.11 Å². The number of fused-ring (bicyclic) bond motifs is 1. The van der Waals surface area contributed by atoms with E-state index in [4.69, 9.17) is 9.97 Å². The second kappa shape index (κ2) is 16.0.